The first kappa shape index (κ1) is 12.7. The van der Waals surface area contributed by atoms with Crippen LogP contribution >= 0.6 is 0 Å². The zero-order valence-electron chi connectivity index (χ0n) is 9.50. The van der Waals surface area contributed by atoms with E-state index in [1.54, 1.807) is 12.1 Å². The van der Waals surface area contributed by atoms with E-state index < -0.39 is 0 Å². The topological polar surface area (TPSA) is 33.1 Å². The molecule has 0 spiro atoms. The number of benzene rings is 2. The molecule has 3 aromatic rings. The zero-order chi connectivity index (χ0) is 11.7. The van der Waals surface area contributed by atoms with Crippen molar-refractivity contribution >= 4 is 10.9 Å². The van der Waals surface area contributed by atoms with Gasteiger partial charge in [0.15, 0.2) is 0 Å². The molecule has 18 heavy (non-hydrogen) atoms. The molecule has 1 radical (unpaired) electrons. The van der Waals surface area contributed by atoms with Crippen molar-refractivity contribution in [3.8, 4) is 17.0 Å². The van der Waals surface area contributed by atoms with Gasteiger partial charge in [0.05, 0.1) is 11.2 Å². The Kier molecular flexibility index (Phi) is 3.75. The molecule has 2 aromatic carbocycles. The van der Waals surface area contributed by atoms with E-state index in [2.05, 4.69) is 4.98 Å². The largest absolute Gasteiger partial charge is 0.507 e. The normalized spacial score (nSPS) is 10.0. The fourth-order valence-corrected chi connectivity index (χ4v) is 1.91. The molecule has 1 aromatic heterocycles. The van der Waals surface area contributed by atoms with E-state index in [1.165, 1.54) is 0 Å². The van der Waals surface area contributed by atoms with E-state index in [9.17, 15) is 5.11 Å². The molecule has 0 saturated heterocycles. The predicted octanol–water partition coefficient (Wildman–Crippen LogP) is 3.60. The second kappa shape index (κ2) is 5.30. The number of pyridine rings is 1. The van der Waals surface area contributed by atoms with Crippen molar-refractivity contribution < 1.29 is 25.2 Å². The number of aromatic hydroxyl groups is 1. The van der Waals surface area contributed by atoms with Crippen molar-refractivity contribution in [2.45, 2.75) is 0 Å². The van der Waals surface area contributed by atoms with E-state index in [-0.39, 0.29) is 25.9 Å². The standard InChI is InChI=1S/C15H11NO.Ir/c17-15-8-4-2-6-12(15)14-10-9-11-5-1-3-7-13(11)16-14;/h1-10,17H;. The number of hydrogen-bond donors (Lipinski definition) is 1. The van der Waals surface area contributed by atoms with Crippen LogP contribution in [0.15, 0.2) is 60.7 Å². The van der Waals surface area contributed by atoms with Crippen LogP contribution in [0.4, 0.5) is 0 Å². The second-order valence-corrected chi connectivity index (χ2v) is 3.91. The van der Waals surface area contributed by atoms with Gasteiger partial charge in [0.1, 0.15) is 5.75 Å². The average molecular weight is 413 g/mol. The van der Waals surface area contributed by atoms with Gasteiger partial charge in [-0.05, 0) is 24.3 Å². The smallest absolute Gasteiger partial charge is 0.124 e. The number of phenols is 1. The van der Waals surface area contributed by atoms with E-state index >= 15 is 0 Å². The van der Waals surface area contributed by atoms with E-state index in [0.717, 1.165) is 22.2 Å². The Morgan fingerprint density at radius 2 is 1.50 bits per heavy atom. The van der Waals surface area contributed by atoms with Crippen LogP contribution in [0.2, 0.25) is 0 Å². The predicted molar refractivity (Wildman–Crippen MR) is 68.8 cm³/mol. The third kappa shape index (κ3) is 2.28. The molecule has 3 rings (SSSR count). The monoisotopic (exact) mass is 414 g/mol. The molecule has 0 aliphatic heterocycles. The summed E-state index contributed by atoms with van der Waals surface area (Å²) < 4.78 is 0. The van der Waals surface area contributed by atoms with Gasteiger partial charge in [-0.25, -0.2) is 4.98 Å². The quantitative estimate of drug-likeness (QED) is 0.661. The minimum atomic E-state index is 0. The van der Waals surface area contributed by atoms with Crippen LogP contribution in [-0.2, 0) is 20.1 Å². The van der Waals surface area contributed by atoms with Crippen molar-refractivity contribution in [2.24, 2.45) is 0 Å². The molecular weight excluding hydrogens is 402 g/mol. The fourth-order valence-electron chi connectivity index (χ4n) is 1.91. The summed E-state index contributed by atoms with van der Waals surface area (Å²) in [7, 11) is 0. The SMILES string of the molecule is Oc1ccccc1-c1ccc2ccccc2n1.[Ir]. The van der Waals surface area contributed by atoms with Crippen LogP contribution in [0, 0.1) is 0 Å². The molecule has 3 heteroatoms. The molecule has 0 aliphatic rings. The minimum Gasteiger partial charge on any atom is -0.507 e. The molecule has 0 amide bonds. The molecule has 1 heterocycles. The summed E-state index contributed by atoms with van der Waals surface area (Å²) in [4.78, 5) is 4.55. The molecule has 91 valence electrons. The number of rotatable bonds is 1. The van der Waals surface area contributed by atoms with Crippen molar-refractivity contribution in [1.82, 2.24) is 4.98 Å². The van der Waals surface area contributed by atoms with Gasteiger partial charge < -0.3 is 5.11 Å². The van der Waals surface area contributed by atoms with Gasteiger partial charge in [-0.2, -0.15) is 0 Å². The maximum Gasteiger partial charge on any atom is 0.124 e. The number of aromatic nitrogens is 1. The Morgan fingerprint density at radius 1 is 0.778 bits per heavy atom. The van der Waals surface area contributed by atoms with Crippen LogP contribution in [0.5, 0.6) is 5.75 Å². The molecule has 0 aliphatic carbocycles. The third-order valence-corrected chi connectivity index (χ3v) is 2.78. The van der Waals surface area contributed by atoms with Crippen LogP contribution in [0.3, 0.4) is 0 Å². The van der Waals surface area contributed by atoms with Gasteiger partial charge in [0.2, 0.25) is 0 Å². The Hall–Kier alpha value is -1.70. The zero-order valence-corrected chi connectivity index (χ0v) is 11.9. The summed E-state index contributed by atoms with van der Waals surface area (Å²) in [5.41, 5.74) is 2.49. The summed E-state index contributed by atoms with van der Waals surface area (Å²) in [5.74, 6) is 0.260. The first-order valence-electron chi connectivity index (χ1n) is 5.49. The van der Waals surface area contributed by atoms with Crippen LogP contribution in [0.25, 0.3) is 22.2 Å². The van der Waals surface area contributed by atoms with Gasteiger partial charge in [0, 0.05) is 31.1 Å². The number of fused-ring (bicyclic) bond motifs is 1. The summed E-state index contributed by atoms with van der Waals surface area (Å²) in [5, 5.41) is 10.9. The molecule has 0 saturated carbocycles. The van der Waals surface area contributed by atoms with Gasteiger partial charge in [-0.1, -0.05) is 36.4 Å². The van der Waals surface area contributed by atoms with Crippen LogP contribution in [0.1, 0.15) is 0 Å². The maximum atomic E-state index is 9.80. The second-order valence-electron chi connectivity index (χ2n) is 3.91. The molecule has 2 nitrogen and oxygen atoms in total. The van der Waals surface area contributed by atoms with Crippen molar-refractivity contribution in [1.29, 1.82) is 0 Å². The Morgan fingerprint density at radius 3 is 2.33 bits per heavy atom. The molecular formula is C15H11IrNO. The first-order valence-corrected chi connectivity index (χ1v) is 5.49. The summed E-state index contributed by atoms with van der Waals surface area (Å²) >= 11 is 0. The summed E-state index contributed by atoms with van der Waals surface area (Å²) in [6, 6.07) is 19.1. The summed E-state index contributed by atoms with van der Waals surface area (Å²) in [6.07, 6.45) is 0. The third-order valence-electron chi connectivity index (χ3n) is 2.78. The van der Waals surface area contributed by atoms with Crippen molar-refractivity contribution in [3.63, 3.8) is 0 Å². The number of phenolic OH excluding ortho intramolecular Hbond substituents is 1. The van der Waals surface area contributed by atoms with Gasteiger partial charge in [0.25, 0.3) is 0 Å². The molecule has 1 N–H and O–H groups in total. The van der Waals surface area contributed by atoms with E-state index in [0.29, 0.717) is 0 Å². The maximum absolute atomic E-state index is 9.80. The van der Waals surface area contributed by atoms with Crippen LogP contribution in [-0.4, -0.2) is 10.1 Å². The summed E-state index contributed by atoms with van der Waals surface area (Å²) in [6.45, 7) is 0. The Bertz CT molecular complexity index is 682. The van der Waals surface area contributed by atoms with Crippen molar-refractivity contribution in [2.75, 3.05) is 0 Å². The minimum absolute atomic E-state index is 0. The molecule has 0 unspecified atom stereocenters. The Balaban J connectivity index is 0.00000120. The van der Waals surface area contributed by atoms with Gasteiger partial charge in [-0.3, -0.25) is 0 Å². The Labute approximate surface area is 119 Å². The number of para-hydroxylation sites is 2. The van der Waals surface area contributed by atoms with Crippen LogP contribution < -0.4 is 0 Å². The molecule has 0 bridgehead atoms. The van der Waals surface area contributed by atoms with Gasteiger partial charge in [-0.15, -0.1) is 0 Å². The van der Waals surface area contributed by atoms with Crippen molar-refractivity contribution in [3.05, 3.63) is 60.7 Å². The van der Waals surface area contributed by atoms with E-state index in [4.69, 9.17) is 0 Å². The number of nitrogens with zero attached hydrogens (tertiary/aromatic N) is 1. The fraction of sp³-hybridized carbons (Fsp3) is 0. The average Bonchev–Trinajstić information content (AvgIpc) is 2.39. The molecule has 0 atom stereocenters. The number of hydrogen-bond acceptors (Lipinski definition) is 2. The first-order chi connectivity index (χ1) is 8.34. The van der Waals surface area contributed by atoms with Gasteiger partial charge >= 0.3 is 0 Å². The van der Waals surface area contributed by atoms with E-state index in [1.807, 2.05) is 48.5 Å². The molecule has 0 fully saturated rings.